The Morgan fingerprint density at radius 1 is 1.07 bits per heavy atom. The van der Waals surface area contributed by atoms with Gasteiger partial charge >= 0.3 is 0 Å². The van der Waals surface area contributed by atoms with Gasteiger partial charge in [-0.2, -0.15) is 10.5 Å². The van der Waals surface area contributed by atoms with E-state index in [4.69, 9.17) is 10.5 Å². The smallest absolute Gasteiger partial charge is 0.176 e. The van der Waals surface area contributed by atoms with Crippen molar-refractivity contribution in [3.05, 3.63) is 111 Å². The van der Waals surface area contributed by atoms with E-state index in [2.05, 4.69) is 21.8 Å². The topological polar surface area (TPSA) is 125 Å². The van der Waals surface area contributed by atoms with Crippen molar-refractivity contribution in [2.24, 2.45) is 0 Å². The van der Waals surface area contributed by atoms with E-state index in [-0.39, 0.29) is 31.1 Å². The number of hydrazine groups is 1. The molecule has 0 unspecified atom stereocenters. The average molecular weight is 587 g/mol. The number of aliphatic hydroxyl groups is 1. The molecule has 0 spiro atoms. The van der Waals surface area contributed by atoms with Gasteiger partial charge in [0.05, 0.1) is 47.2 Å². The molecule has 0 fully saturated rings. The standard InChI is InChI=1S/C31H28F2N6O2S/c1-20(30-38-28(17-42-30)23-7-3-21(14-34)4-8-23)31(41,26-13-25(32)11-12-27(26)33)18-39(36-2)19-37-16-29(40)24-9-5-22(15-35)6-10-24/h3-13,17,20,36-37,41H,16,18-19H2,1-2H3/t20-,31+/m0/s1. The molecule has 0 radical (unpaired) electrons. The van der Waals surface area contributed by atoms with Crippen LogP contribution in [0, 0.1) is 34.3 Å². The van der Waals surface area contributed by atoms with Gasteiger partial charge < -0.3 is 5.11 Å². The Morgan fingerprint density at radius 2 is 1.71 bits per heavy atom. The van der Waals surface area contributed by atoms with Crippen LogP contribution in [0.2, 0.25) is 0 Å². The summed E-state index contributed by atoms with van der Waals surface area (Å²) < 4.78 is 29.5. The number of benzene rings is 3. The zero-order valence-electron chi connectivity index (χ0n) is 22.9. The quantitative estimate of drug-likeness (QED) is 0.124. The predicted molar refractivity (Wildman–Crippen MR) is 155 cm³/mol. The third kappa shape index (κ3) is 6.92. The second-order valence-corrected chi connectivity index (χ2v) is 10.5. The summed E-state index contributed by atoms with van der Waals surface area (Å²) in [4.78, 5) is 17.3. The van der Waals surface area contributed by atoms with Crippen LogP contribution in [-0.2, 0) is 5.60 Å². The number of carbonyl (C=O) groups excluding carboxylic acids is 1. The van der Waals surface area contributed by atoms with Gasteiger partial charge in [0, 0.05) is 34.5 Å². The first-order valence-electron chi connectivity index (χ1n) is 13.0. The third-order valence-electron chi connectivity index (χ3n) is 6.99. The Balaban J connectivity index is 1.56. The summed E-state index contributed by atoms with van der Waals surface area (Å²) in [6.45, 7) is 1.56. The fraction of sp³-hybridized carbons (Fsp3) is 0.226. The van der Waals surface area contributed by atoms with Gasteiger partial charge in [0.15, 0.2) is 5.78 Å². The summed E-state index contributed by atoms with van der Waals surface area (Å²) in [6, 6.07) is 20.2. The number of nitrogens with one attached hydrogen (secondary N) is 2. The molecule has 0 amide bonds. The minimum atomic E-state index is -1.94. The maximum absolute atomic E-state index is 15.1. The van der Waals surface area contributed by atoms with E-state index in [1.807, 2.05) is 11.4 Å². The number of Topliss-reactive ketones (excluding diaryl/α,β-unsaturated/α-hetero) is 1. The van der Waals surface area contributed by atoms with Crippen LogP contribution in [0.4, 0.5) is 8.78 Å². The molecule has 2 atom stereocenters. The lowest BCUT2D eigenvalue weighted by molar-refractivity contribution is -0.0371. The van der Waals surface area contributed by atoms with Crippen molar-refractivity contribution in [1.82, 2.24) is 20.7 Å². The number of carbonyl (C=O) groups is 1. The summed E-state index contributed by atoms with van der Waals surface area (Å²) in [5.74, 6) is -2.44. The van der Waals surface area contributed by atoms with Crippen molar-refractivity contribution < 1.29 is 18.7 Å². The van der Waals surface area contributed by atoms with Crippen LogP contribution < -0.4 is 10.7 Å². The van der Waals surface area contributed by atoms with Crippen molar-refractivity contribution in [2.45, 2.75) is 18.4 Å². The summed E-state index contributed by atoms with van der Waals surface area (Å²) >= 11 is 1.28. The predicted octanol–water partition coefficient (Wildman–Crippen LogP) is 4.69. The van der Waals surface area contributed by atoms with Crippen LogP contribution in [0.25, 0.3) is 11.3 Å². The van der Waals surface area contributed by atoms with Crippen LogP contribution in [0.1, 0.15) is 44.9 Å². The fourth-order valence-corrected chi connectivity index (χ4v) is 5.44. The van der Waals surface area contributed by atoms with E-state index in [9.17, 15) is 14.3 Å². The second kappa shape index (κ2) is 13.5. The van der Waals surface area contributed by atoms with Gasteiger partial charge in [0.25, 0.3) is 0 Å². The highest BCUT2D eigenvalue weighted by molar-refractivity contribution is 7.10. The number of halogens is 2. The van der Waals surface area contributed by atoms with Crippen molar-refractivity contribution in [2.75, 3.05) is 26.8 Å². The largest absolute Gasteiger partial charge is 0.383 e. The van der Waals surface area contributed by atoms with Gasteiger partial charge in [-0.25, -0.2) is 18.8 Å². The minimum absolute atomic E-state index is 0.0349. The second-order valence-electron chi connectivity index (χ2n) is 9.65. The number of nitriles is 2. The molecule has 42 heavy (non-hydrogen) atoms. The normalized spacial score (nSPS) is 13.2. The summed E-state index contributed by atoms with van der Waals surface area (Å²) in [5.41, 5.74) is 3.58. The Morgan fingerprint density at radius 3 is 2.33 bits per heavy atom. The maximum atomic E-state index is 15.1. The molecule has 214 valence electrons. The molecule has 0 bridgehead atoms. The van der Waals surface area contributed by atoms with Crippen molar-refractivity contribution in [3.8, 4) is 23.4 Å². The molecule has 11 heteroatoms. The molecule has 0 saturated carbocycles. The zero-order chi connectivity index (χ0) is 30.3. The van der Waals surface area contributed by atoms with E-state index in [0.29, 0.717) is 27.4 Å². The monoisotopic (exact) mass is 586 g/mol. The number of hydrogen-bond acceptors (Lipinski definition) is 9. The lowest BCUT2D eigenvalue weighted by Crippen LogP contribution is -2.52. The summed E-state index contributed by atoms with van der Waals surface area (Å²) in [6.07, 6.45) is 0. The van der Waals surface area contributed by atoms with Crippen molar-refractivity contribution >= 4 is 17.1 Å². The Kier molecular flexibility index (Phi) is 9.86. The summed E-state index contributed by atoms with van der Waals surface area (Å²) in [7, 11) is 1.61. The highest BCUT2D eigenvalue weighted by atomic mass is 32.1. The summed E-state index contributed by atoms with van der Waals surface area (Å²) in [5, 5.41) is 37.0. The SMILES string of the molecule is CNN(CNCC(=O)c1ccc(C#N)cc1)C[C@](O)(c1cc(F)ccc1F)[C@@H](C)c1nc(-c2ccc(C#N)cc2)cs1. The molecule has 0 aliphatic carbocycles. The van der Waals surface area contributed by atoms with Crippen LogP contribution >= 0.6 is 11.3 Å². The van der Waals surface area contributed by atoms with E-state index in [1.54, 1.807) is 67.5 Å². The first-order valence-corrected chi connectivity index (χ1v) is 13.9. The van der Waals surface area contributed by atoms with Crippen molar-refractivity contribution in [3.63, 3.8) is 0 Å². The van der Waals surface area contributed by atoms with E-state index >= 15 is 4.39 Å². The van der Waals surface area contributed by atoms with Crippen LogP contribution in [-0.4, -0.2) is 47.7 Å². The molecule has 3 aromatic carbocycles. The average Bonchev–Trinajstić information content (AvgIpc) is 3.51. The van der Waals surface area contributed by atoms with Gasteiger partial charge in [-0.3, -0.25) is 15.5 Å². The van der Waals surface area contributed by atoms with Crippen LogP contribution in [0.15, 0.2) is 72.1 Å². The van der Waals surface area contributed by atoms with Gasteiger partial charge in [-0.15, -0.1) is 11.3 Å². The molecule has 0 saturated heterocycles. The lowest BCUT2D eigenvalue weighted by Gasteiger charge is -2.38. The first-order chi connectivity index (χ1) is 20.2. The Bertz CT molecular complexity index is 1630. The van der Waals surface area contributed by atoms with Crippen molar-refractivity contribution in [1.29, 1.82) is 10.5 Å². The molecule has 8 nitrogen and oxygen atoms in total. The maximum Gasteiger partial charge on any atom is 0.176 e. The van der Waals surface area contributed by atoms with Gasteiger partial charge in [-0.1, -0.05) is 31.2 Å². The zero-order valence-corrected chi connectivity index (χ0v) is 23.8. The highest BCUT2D eigenvalue weighted by Gasteiger charge is 2.42. The highest BCUT2D eigenvalue weighted by Crippen LogP contribution is 2.41. The lowest BCUT2D eigenvalue weighted by atomic mass is 9.81. The molecule has 4 rings (SSSR count). The van der Waals surface area contributed by atoms with E-state index in [0.717, 1.165) is 23.8 Å². The molecular weight excluding hydrogens is 558 g/mol. The number of thiazole rings is 1. The number of nitrogens with zero attached hydrogens (tertiary/aromatic N) is 4. The van der Waals surface area contributed by atoms with Gasteiger partial charge in [0.1, 0.15) is 17.2 Å². The van der Waals surface area contributed by atoms with Crippen LogP contribution in [0.3, 0.4) is 0 Å². The third-order valence-corrected chi connectivity index (χ3v) is 8.01. The molecule has 4 aromatic rings. The number of hydrogen-bond donors (Lipinski definition) is 3. The molecule has 3 N–H and O–H groups in total. The minimum Gasteiger partial charge on any atom is -0.383 e. The molecule has 0 aliphatic rings. The van der Waals surface area contributed by atoms with Crippen LogP contribution in [0.5, 0.6) is 0 Å². The number of aromatic nitrogens is 1. The van der Waals surface area contributed by atoms with Gasteiger partial charge in [0.2, 0.25) is 0 Å². The first kappa shape index (κ1) is 30.6. The number of rotatable bonds is 12. The van der Waals surface area contributed by atoms with Gasteiger partial charge in [-0.05, 0) is 49.5 Å². The molecule has 1 aromatic heterocycles. The molecular formula is C31H28F2N6O2S. The Labute approximate surface area is 246 Å². The Hall–Kier alpha value is -4.36. The fourth-order valence-electron chi connectivity index (χ4n) is 4.47. The molecule has 0 aliphatic heterocycles. The van der Waals surface area contributed by atoms with E-state index < -0.39 is 23.2 Å². The number of ketones is 1. The van der Waals surface area contributed by atoms with E-state index in [1.165, 1.54) is 11.3 Å². The molecule has 1 heterocycles.